The predicted octanol–water partition coefficient (Wildman–Crippen LogP) is 4.73. The Balaban J connectivity index is 1.43. The van der Waals surface area contributed by atoms with Crippen LogP contribution in [0.5, 0.6) is 5.75 Å². The fourth-order valence-corrected chi connectivity index (χ4v) is 4.11. The van der Waals surface area contributed by atoms with Gasteiger partial charge in [-0.1, -0.05) is 24.3 Å². The van der Waals surface area contributed by atoms with Gasteiger partial charge in [0.2, 0.25) is 5.91 Å². The Morgan fingerprint density at radius 1 is 1.28 bits per heavy atom. The van der Waals surface area contributed by atoms with E-state index in [-0.39, 0.29) is 5.91 Å². The normalized spacial score (nSPS) is 11.2. The van der Waals surface area contributed by atoms with Gasteiger partial charge in [0.1, 0.15) is 5.75 Å². The second-order valence-electron chi connectivity index (χ2n) is 6.66. The van der Waals surface area contributed by atoms with Gasteiger partial charge in [-0.3, -0.25) is 4.79 Å². The van der Waals surface area contributed by atoms with Crippen LogP contribution < -0.4 is 10.1 Å². The van der Waals surface area contributed by atoms with E-state index in [1.165, 1.54) is 10.1 Å². The topological polar surface area (TPSA) is 56.1 Å². The monoisotopic (exact) mass is 403 g/mol. The molecule has 0 atom stereocenters. The van der Waals surface area contributed by atoms with Gasteiger partial charge in [-0.25, -0.2) is 4.98 Å². The molecular formula is C23H21N3O2S. The number of imidazole rings is 1. The Hall–Kier alpha value is -3.38. The summed E-state index contributed by atoms with van der Waals surface area (Å²) in [6.07, 6.45) is 7.02. The van der Waals surface area contributed by atoms with E-state index in [0.29, 0.717) is 6.54 Å². The molecule has 6 heteroatoms. The van der Waals surface area contributed by atoms with E-state index in [0.717, 1.165) is 28.3 Å². The van der Waals surface area contributed by atoms with Crippen molar-refractivity contribution in [2.24, 2.45) is 0 Å². The van der Waals surface area contributed by atoms with Gasteiger partial charge < -0.3 is 14.6 Å². The number of ether oxygens (including phenoxy) is 1. The van der Waals surface area contributed by atoms with E-state index in [1.54, 1.807) is 36.9 Å². The van der Waals surface area contributed by atoms with Crippen LogP contribution >= 0.6 is 11.3 Å². The number of hydrogen-bond donors (Lipinski definition) is 1. The number of benzene rings is 2. The van der Waals surface area contributed by atoms with E-state index >= 15 is 0 Å². The molecule has 1 N–H and O–H groups in total. The van der Waals surface area contributed by atoms with Crippen LogP contribution in [0.3, 0.4) is 0 Å². The fourth-order valence-electron chi connectivity index (χ4n) is 3.15. The lowest BCUT2D eigenvalue weighted by Gasteiger charge is -2.10. The van der Waals surface area contributed by atoms with Gasteiger partial charge in [0.25, 0.3) is 0 Å². The minimum Gasteiger partial charge on any atom is -0.495 e. The first-order valence-electron chi connectivity index (χ1n) is 9.24. The molecule has 0 spiro atoms. The zero-order chi connectivity index (χ0) is 20.2. The molecule has 2 aromatic heterocycles. The molecule has 0 aliphatic rings. The quantitative estimate of drug-likeness (QED) is 0.474. The van der Waals surface area contributed by atoms with E-state index in [4.69, 9.17) is 4.74 Å². The Morgan fingerprint density at radius 2 is 2.14 bits per heavy atom. The van der Waals surface area contributed by atoms with Crippen molar-refractivity contribution in [2.75, 3.05) is 7.11 Å². The molecule has 5 nitrogen and oxygen atoms in total. The Bertz CT molecular complexity index is 1190. The summed E-state index contributed by atoms with van der Waals surface area (Å²) in [6, 6.07) is 14.0. The number of aryl methyl sites for hydroxylation is 1. The number of aromatic nitrogens is 2. The number of nitrogens with zero attached hydrogens (tertiary/aromatic N) is 2. The van der Waals surface area contributed by atoms with Gasteiger partial charge in [0, 0.05) is 23.5 Å². The van der Waals surface area contributed by atoms with Crippen LogP contribution in [0, 0.1) is 6.92 Å². The van der Waals surface area contributed by atoms with Crippen LogP contribution in [0.1, 0.15) is 16.8 Å². The lowest BCUT2D eigenvalue weighted by Crippen LogP contribution is -2.19. The molecule has 0 bridgehead atoms. The second-order valence-corrected chi connectivity index (χ2v) is 7.57. The summed E-state index contributed by atoms with van der Waals surface area (Å²) in [4.78, 5) is 16.5. The smallest absolute Gasteiger partial charge is 0.244 e. The molecule has 29 heavy (non-hydrogen) atoms. The maximum Gasteiger partial charge on any atom is 0.244 e. The van der Waals surface area contributed by atoms with Crippen molar-refractivity contribution in [3.8, 4) is 11.4 Å². The molecule has 146 valence electrons. The van der Waals surface area contributed by atoms with Gasteiger partial charge in [0.15, 0.2) is 0 Å². The van der Waals surface area contributed by atoms with Gasteiger partial charge in [-0.15, -0.1) is 11.3 Å². The third-order valence-electron chi connectivity index (χ3n) is 4.64. The molecule has 4 aromatic rings. The molecule has 4 rings (SSSR count). The second kappa shape index (κ2) is 8.32. The number of fused-ring (bicyclic) bond motifs is 1. The van der Waals surface area contributed by atoms with Gasteiger partial charge >= 0.3 is 0 Å². The summed E-state index contributed by atoms with van der Waals surface area (Å²) in [7, 11) is 1.63. The number of thiophene rings is 1. The lowest BCUT2D eigenvalue weighted by molar-refractivity contribution is -0.116. The number of nitrogens with one attached hydrogen (secondary N) is 1. The molecule has 1 amide bonds. The summed E-state index contributed by atoms with van der Waals surface area (Å²) < 4.78 is 8.66. The maximum absolute atomic E-state index is 12.3. The number of amides is 1. The highest BCUT2D eigenvalue weighted by atomic mass is 32.1. The van der Waals surface area contributed by atoms with Gasteiger partial charge in [-0.2, -0.15) is 0 Å². The predicted molar refractivity (Wildman–Crippen MR) is 118 cm³/mol. The number of carbonyl (C=O) groups excluding carboxylic acids is 1. The summed E-state index contributed by atoms with van der Waals surface area (Å²) in [5.41, 5.74) is 3.86. The number of rotatable bonds is 6. The minimum atomic E-state index is -0.131. The van der Waals surface area contributed by atoms with Crippen LogP contribution in [0.4, 0.5) is 0 Å². The first kappa shape index (κ1) is 19.0. The average molecular weight is 404 g/mol. The van der Waals surface area contributed by atoms with Crippen LogP contribution in [0.25, 0.3) is 21.8 Å². The number of carbonyl (C=O) groups is 1. The van der Waals surface area contributed by atoms with Crippen molar-refractivity contribution in [1.82, 2.24) is 14.9 Å². The van der Waals surface area contributed by atoms with E-state index in [1.807, 2.05) is 48.0 Å². The van der Waals surface area contributed by atoms with Crippen molar-refractivity contribution < 1.29 is 9.53 Å². The van der Waals surface area contributed by atoms with Crippen LogP contribution in [0.15, 0.2) is 66.4 Å². The third kappa shape index (κ3) is 4.22. The standard InChI is InChI=1S/C23H21N3O2S/c1-16-13-26(15-25-16)20-9-7-17(11-21(20)28-2)8-10-23(27)24-12-18-14-29-22-6-4-3-5-19(18)22/h3-11,13-15H,12H2,1-2H3,(H,24,27)/b10-8+. The molecule has 0 saturated heterocycles. The lowest BCUT2D eigenvalue weighted by atomic mass is 10.1. The summed E-state index contributed by atoms with van der Waals surface area (Å²) in [5, 5.41) is 6.24. The number of methoxy groups -OCH3 is 1. The highest BCUT2D eigenvalue weighted by molar-refractivity contribution is 7.17. The van der Waals surface area contributed by atoms with Gasteiger partial charge in [0.05, 0.1) is 24.8 Å². The molecule has 2 heterocycles. The zero-order valence-corrected chi connectivity index (χ0v) is 17.1. The molecule has 0 fully saturated rings. The van der Waals surface area contributed by atoms with Crippen LogP contribution in [0.2, 0.25) is 0 Å². The van der Waals surface area contributed by atoms with Gasteiger partial charge in [-0.05, 0) is 53.1 Å². The van der Waals surface area contributed by atoms with Crippen molar-refractivity contribution in [3.63, 3.8) is 0 Å². The van der Waals surface area contributed by atoms with Crippen molar-refractivity contribution in [3.05, 3.63) is 83.3 Å². The highest BCUT2D eigenvalue weighted by Crippen LogP contribution is 2.26. The van der Waals surface area contributed by atoms with Crippen molar-refractivity contribution in [2.45, 2.75) is 13.5 Å². The summed E-state index contributed by atoms with van der Waals surface area (Å²) in [5.74, 6) is 0.586. The molecule has 0 saturated carbocycles. The van der Waals surface area contributed by atoms with Crippen LogP contribution in [-0.2, 0) is 11.3 Å². The molecule has 0 aliphatic heterocycles. The molecule has 0 radical (unpaired) electrons. The maximum atomic E-state index is 12.3. The van der Waals surface area contributed by atoms with E-state index in [9.17, 15) is 4.79 Å². The minimum absolute atomic E-state index is 0.131. The first-order chi connectivity index (χ1) is 14.1. The van der Waals surface area contributed by atoms with E-state index < -0.39 is 0 Å². The fraction of sp³-hybridized carbons (Fsp3) is 0.130. The Labute approximate surface area is 173 Å². The Morgan fingerprint density at radius 3 is 2.93 bits per heavy atom. The SMILES string of the molecule is COc1cc(/C=C/C(=O)NCc2csc3ccccc23)ccc1-n1cnc(C)c1. The first-order valence-corrected chi connectivity index (χ1v) is 10.1. The number of hydrogen-bond acceptors (Lipinski definition) is 4. The Kier molecular flexibility index (Phi) is 5.44. The third-order valence-corrected chi connectivity index (χ3v) is 5.65. The highest BCUT2D eigenvalue weighted by Gasteiger charge is 2.07. The van der Waals surface area contributed by atoms with Crippen molar-refractivity contribution >= 4 is 33.4 Å². The molecule has 0 aliphatic carbocycles. The van der Waals surface area contributed by atoms with E-state index in [2.05, 4.69) is 27.8 Å². The summed E-state index contributed by atoms with van der Waals surface area (Å²) >= 11 is 1.69. The largest absolute Gasteiger partial charge is 0.495 e. The molecule has 2 aromatic carbocycles. The van der Waals surface area contributed by atoms with Crippen LogP contribution in [-0.4, -0.2) is 22.6 Å². The molecular weight excluding hydrogens is 382 g/mol. The van der Waals surface area contributed by atoms with Crippen molar-refractivity contribution in [1.29, 1.82) is 0 Å². The molecule has 0 unspecified atom stereocenters. The average Bonchev–Trinajstić information content (AvgIpc) is 3.36. The zero-order valence-electron chi connectivity index (χ0n) is 16.3. The summed E-state index contributed by atoms with van der Waals surface area (Å²) in [6.45, 7) is 2.45.